The first-order valence-electron chi connectivity index (χ1n) is 5.74. The SMILES string of the molecule is O=C(O)C1(N2CCCCC2)CCCC1. The number of carboxylic acid groups (broad SMARTS) is 1. The van der Waals surface area contributed by atoms with Crippen LogP contribution in [0.1, 0.15) is 44.9 Å². The molecule has 3 heteroatoms. The molecule has 1 aliphatic carbocycles. The largest absolute Gasteiger partial charge is 0.480 e. The van der Waals surface area contributed by atoms with E-state index in [0.29, 0.717) is 0 Å². The third kappa shape index (κ3) is 1.54. The highest BCUT2D eigenvalue weighted by Crippen LogP contribution is 2.37. The number of carboxylic acids is 1. The number of nitrogens with zero attached hydrogens (tertiary/aromatic N) is 1. The minimum Gasteiger partial charge on any atom is -0.480 e. The van der Waals surface area contributed by atoms with E-state index in [-0.39, 0.29) is 0 Å². The van der Waals surface area contributed by atoms with Crippen molar-refractivity contribution in [3.8, 4) is 0 Å². The van der Waals surface area contributed by atoms with E-state index in [1.807, 2.05) is 0 Å². The van der Waals surface area contributed by atoms with Crippen LogP contribution in [0.2, 0.25) is 0 Å². The van der Waals surface area contributed by atoms with Gasteiger partial charge in [0.1, 0.15) is 5.54 Å². The molecular weight excluding hydrogens is 178 g/mol. The maximum absolute atomic E-state index is 11.4. The summed E-state index contributed by atoms with van der Waals surface area (Å²) in [6.45, 7) is 1.98. The van der Waals surface area contributed by atoms with Crippen LogP contribution < -0.4 is 0 Å². The maximum Gasteiger partial charge on any atom is 0.324 e. The van der Waals surface area contributed by atoms with Crippen LogP contribution in [0.3, 0.4) is 0 Å². The zero-order valence-electron chi connectivity index (χ0n) is 8.67. The number of piperidine rings is 1. The van der Waals surface area contributed by atoms with Crippen LogP contribution in [0.15, 0.2) is 0 Å². The van der Waals surface area contributed by atoms with Crippen LogP contribution in [-0.2, 0) is 4.79 Å². The third-order valence-corrected chi connectivity index (χ3v) is 3.79. The van der Waals surface area contributed by atoms with Crippen LogP contribution in [-0.4, -0.2) is 34.6 Å². The van der Waals surface area contributed by atoms with Gasteiger partial charge in [-0.2, -0.15) is 0 Å². The van der Waals surface area contributed by atoms with E-state index in [0.717, 1.165) is 38.8 Å². The second-order valence-corrected chi connectivity index (χ2v) is 4.59. The number of hydrogen-bond donors (Lipinski definition) is 1. The topological polar surface area (TPSA) is 40.5 Å². The van der Waals surface area contributed by atoms with Crippen molar-refractivity contribution in [3.63, 3.8) is 0 Å². The molecule has 0 spiro atoms. The number of rotatable bonds is 2. The summed E-state index contributed by atoms with van der Waals surface area (Å²) in [6.07, 6.45) is 7.52. The fraction of sp³-hybridized carbons (Fsp3) is 0.909. The zero-order valence-corrected chi connectivity index (χ0v) is 8.67. The molecular formula is C11H19NO2. The molecule has 3 nitrogen and oxygen atoms in total. The highest BCUT2D eigenvalue weighted by molar-refractivity contribution is 5.79. The minimum atomic E-state index is -0.586. The number of hydrogen-bond acceptors (Lipinski definition) is 2. The molecule has 1 aliphatic heterocycles. The van der Waals surface area contributed by atoms with Gasteiger partial charge in [0, 0.05) is 0 Å². The van der Waals surface area contributed by atoms with Crippen molar-refractivity contribution >= 4 is 5.97 Å². The number of carbonyl (C=O) groups is 1. The monoisotopic (exact) mass is 197 g/mol. The Labute approximate surface area is 85.1 Å². The van der Waals surface area contributed by atoms with Crippen molar-refractivity contribution in [3.05, 3.63) is 0 Å². The average Bonchev–Trinajstić information content (AvgIpc) is 2.69. The van der Waals surface area contributed by atoms with E-state index >= 15 is 0 Å². The molecule has 2 aliphatic rings. The summed E-state index contributed by atoms with van der Waals surface area (Å²) in [5.74, 6) is -0.586. The van der Waals surface area contributed by atoms with E-state index in [1.54, 1.807) is 0 Å². The van der Waals surface area contributed by atoms with Gasteiger partial charge in [0.25, 0.3) is 0 Å². The fourth-order valence-corrected chi connectivity index (χ4v) is 2.95. The third-order valence-electron chi connectivity index (χ3n) is 3.79. The van der Waals surface area contributed by atoms with Crippen molar-refractivity contribution in [1.82, 2.24) is 4.90 Å². The van der Waals surface area contributed by atoms with Gasteiger partial charge in [0.15, 0.2) is 0 Å². The molecule has 1 heterocycles. The summed E-state index contributed by atoms with van der Waals surface area (Å²) in [7, 11) is 0. The van der Waals surface area contributed by atoms with Crippen LogP contribution in [0.25, 0.3) is 0 Å². The van der Waals surface area contributed by atoms with Crippen molar-refractivity contribution in [2.24, 2.45) is 0 Å². The molecule has 0 amide bonds. The molecule has 2 rings (SSSR count). The summed E-state index contributed by atoms with van der Waals surface area (Å²) < 4.78 is 0. The lowest BCUT2D eigenvalue weighted by molar-refractivity contribution is -0.152. The van der Waals surface area contributed by atoms with Gasteiger partial charge < -0.3 is 5.11 Å². The molecule has 0 radical (unpaired) electrons. The molecule has 0 aromatic carbocycles. The Morgan fingerprint density at radius 2 is 1.57 bits per heavy atom. The highest BCUT2D eigenvalue weighted by Gasteiger charge is 2.46. The van der Waals surface area contributed by atoms with E-state index in [9.17, 15) is 9.90 Å². The molecule has 1 saturated carbocycles. The predicted octanol–water partition coefficient (Wildman–Crippen LogP) is 1.87. The first kappa shape index (κ1) is 9.97. The van der Waals surface area contributed by atoms with Gasteiger partial charge in [-0.3, -0.25) is 9.69 Å². The van der Waals surface area contributed by atoms with E-state index in [1.165, 1.54) is 19.3 Å². The van der Waals surface area contributed by atoms with Crippen LogP contribution in [0.4, 0.5) is 0 Å². The van der Waals surface area contributed by atoms with Gasteiger partial charge in [-0.25, -0.2) is 0 Å². The molecule has 1 N–H and O–H groups in total. The molecule has 2 fully saturated rings. The van der Waals surface area contributed by atoms with Crippen molar-refractivity contribution in [2.75, 3.05) is 13.1 Å². The predicted molar refractivity (Wildman–Crippen MR) is 54.3 cm³/mol. The highest BCUT2D eigenvalue weighted by atomic mass is 16.4. The molecule has 0 aromatic heterocycles. The summed E-state index contributed by atoms with van der Waals surface area (Å²) in [4.78, 5) is 13.6. The van der Waals surface area contributed by atoms with Crippen molar-refractivity contribution in [1.29, 1.82) is 0 Å². The summed E-state index contributed by atoms with van der Waals surface area (Å²) in [5, 5.41) is 9.37. The summed E-state index contributed by atoms with van der Waals surface area (Å²) in [6, 6.07) is 0. The van der Waals surface area contributed by atoms with E-state index in [4.69, 9.17) is 0 Å². The quantitative estimate of drug-likeness (QED) is 0.734. The Morgan fingerprint density at radius 1 is 1.00 bits per heavy atom. The first-order valence-corrected chi connectivity index (χ1v) is 5.74. The first-order chi connectivity index (χ1) is 6.76. The second kappa shape index (κ2) is 3.89. The molecule has 1 saturated heterocycles. The van der Waals surface area contributed by atoms with E-state index < -0.39 is 11.5 Å². The van der Waals surface area contributed by atoms with Crippen LogP contribution >= 0.6 is 0 Å². The second-order valence-electron chi connectivity index (χ2n) is 4.59. The van der Waals surface area contributed by atoms with Crippen LogP contribution in [0.5, 0.6) is 0 Å². The Hall–Kier alpha value is -0.570. The standard InChI is InChI=1S/C11H19NO2/c13-10(14)11(6-2-3-7-11)12-8-4-1-5-9-12/h1-9H2,(H,13,14). The van der Waals surface area contributed by atoms with Gasteiger partial charge in [-0.05, 0) is 38.8 Å². The fourth-order valence-electron chi connectivity index (χ4n) is 2.95. The Morgan fingerprint density at radius 3 is 2.07 bits per heavy atom. The van der Waals surface area contributed by atoms with Gasteiger partial charge in [0.05, 0.1) is 0 Å². The molecule has 0 bridgehead atoms. The lowest BCUT2D eigenvalue weighted by Gasteiger charge is -2.40. The molecule has 14 heavy (non-hydrogen) atoms. The Bertz CT molecular complexity index is 215. The normalized spacial score (nSPS) is 27.7. The Kier molecular flexibility index (Phi) is 2.77. The van der Waals surface area contributed by atoms with Crippen LogP contribution in [0, 0.1) is 0 Å². The van der Waals surface area contributed by atoms with Gasteiger partial charge in [-0.15, -0.1) is 0 Å². The maximum atomic E-state index is 11.4. The lowest BCUT2D eigenvalue weighted by atomic mass is 9.92. The molecule has 0 unspecified atom stereocenters. The smallest absolute Gasteiger partial charge is 0.324 e. The van der Waals surface area contributed by atoms with Gasteiger partial charge >= 0.3 is 5.97 Å². The summed E-state index contributed by atoms with van der Waals surface area (Å²) in [5.41, 5.74) is -0.486. The molecule has 80 valence electrons. The number of aliphatic carboxylic acids is 1. The average molecular weight is 197 g/mol. The Balaban J connectivity index is 2.12. The van der Waals surface area contributed by atoms with Crippen molar-refractivity contribution < 1.29 is 9.90 Å². The molecule has 0 aromatic rings. The van der Waals surface area contributed by atoms with Gasteiger partial charge in [-0.1, -0.05) is 19.3 Å². The minimum absolute atomic E-state index is 0.486. The van der Waals surface area contributed by atoms with E-state index in [2.05, 4.69) is 4.90 Å². The zero-order chi connectivity index (χ0) is 10.0. The lowest BCUT2D eigenvalue weighted by Crippen LogP contribution is -2.54. The van der Waals surface area contributed by atoms with Gasteiger partial charge in [0.2, 0.25) is 0 Å². The van der Waals surface area contributed by atoms with Crippen molar-refractivity contribution in [2.45, 2.75) is 50.5 Å². The number of likely N-dealkylation sites (tertiary alicyclic amines) is 1. The molecule has 0 atom stereocenters. The summed E-state index contributed by atoms with van der Waals surface area (Å²) >= 11 is 0.